The number of para-hydroxylation sites is 1. The molecule has 1 heteroatoms. The summed E-state index contributed by atoms with van der Waals surface area (Å²) in [5.41, 5.74) is 8.49. The summed E-state index contributed by atoms with van der Waals surface area (Å²) in [6, 6.07) is 8.61. The number of hydrogen-bond donors (Lipinski definition) is 1. The van der Waals surface area contributed by atoms with Gasteiger partial charge in [0.1, 0.15) is 0 Å². The molecule has 90 valence electrons. The molecule has 0 radical (unpaired) electrons. The van der Waals surface area contributed by atoms with Gasteiger partial charge in [-0.1, -0.05) is 29.3 Å². The van der Waals surface area contributed by atoms with Crippen LogP contribution >= 0.6 is 0 Å². The highest BCUT2D eigenvalue weighted by Crippen LogP contribution is 2.40. The summed E-state index contributed by atoms with van der Waals surface area (Å²) in [5.74, 6) is 0. The highest BCUT2D eigenvalue weighted by atomic mass is 14.9. The van der Waals surface area contributed by atoms with Crippen LogP contribution in [0.4, 0.5) is 5.69 Å². The zero-order valence-electron chi connectivity index (χ0n) is 11.2. The van der Waals surface area contributed by atoms with Crippen LogP contribution in [0.5, 0.6) is 0 Å². The molecule has 0 heterocycles. The van der Waals surface area contributed by atoms with E-state index in [1.807, 2.05) is 0 Å². The van der Waals surface area contributed by atoms with E-state index in [0.717, 1.165) is 13.0 Å². The highest BCUT2D eigenvalue weighted by Gasteiger charge is 2.19. The lowest BCUT2D eigenvalue weighted by molar-refractivity contribution is 1.14. The third-order valence-corrected chi connectivity index (χ3v) is 3.54. The predicted molar refractivity (Wildman–Crippen MR) is 76.2 cm³/mol. The summed E-state index contributed by atoms with van der Waals surface area (Å²) < 4.78 is 0. The van der Waals surface area contributed by atoms with Crippen molar-refractivity contribution in [3.8, 4) is 0 Å². The Labute approximate surface area is 104 Å². The van der Waals surface area contributed by atoms with Gasteiger partial charge in [0.25, 0.3) is 0 Å². The van der Waals surface area contributed by atoms with Crippen LogP contribution < -0.4 is 5.32 Å². The van der Waals surface area contributed by atoms with Crippen molar-refractivity contribution in [3.05, 3.63) is 46.5 Å². The quantitative estimate of drug-likeness (QED) is 0.793. The fourth-order valence-corrected chi connectivity index (χ4v) is 2.63. The highest BCUT2D eigenvalue weighted by molar-refractivity contribution is 5.89. The van der Waals surface area contributed by atoms with Crippen molar-refractivity contribution in [2.75, 3.05) is 11.9 Å². The van der Waals surface area contributed by atoms with Crippen molar-refractivity contribution in [1.82, 2.24) is 0 Å². The van der Waals surface area contributed by atoms with Gasteiger partial charge in [0.2, 0.25) is 0 Å². The van der Waals surface area contributed by atoms with Gasteiger partial charge in [0.05, 0.1) is 0 Å². The molecule has 1 aromatic rings. The Bertz CT molecular complexity index is 492. The SMILES string of the molecule is CCNc1ccccc1C1=C(C)CC(C)=C1C. The standard InChI is InChI=1S/C16H21N/c1-5-17-15-9-7-6-8-14(15)16-12(3)10-11(2)13(16)4/h6-9,17H,5,10H2,1-4H3. The average molecular weight is 227 g/mol. The third kappa shape index (κ3) is 2.14. The molecule has 0 saturated heterocycles. The number of benzene rings is 1. The van der Waals surface area contributed by atoms with Crippen LogP contribution in [0.15, 0.2) is 41.0 Å². The molecule has 0 amide bonds. The maximum Gasteiger partial charge on any atom is 0.0419 e. The Morgan fingerprint density at radius 1 is 1.06 bits per heavy atom. The number of allylic oxidation sites excluding steroid dienone is 4. The summed E-state index contributed by atoms with van der Waals surface area (Å²) in [6.07, 6.45) is 1.13. The minimum atomic E-state index is 0.963. The van der Waals surface area contributed by atoms with E-state index < -0.39 is 0 Å². The van der Waals surface area contributed by atoms with Crippen LogP contribution in [0.3, 0.4) is 0 Å². The van der Waals surface area contributed by atoms with Gasteiger partial charge in [-0.25, -0.2) is 0 Å². The molecule has 0 aromatic heterocycles. The van der Waals surface area contributed by atoms with Crippen molar-refractivity contribution in [2.24, 2.45) is 0 Å². The summed E-state index contributed by atoms with van der Waals surface area (Å²) in [6.45, 7) is 9.83. The van der Waals surface area contributed by atoms with Crippen LogP contribution in [0.2, 0.25) is 0 Å². The topological polar surface area (TPSA) is 12.0 Å². The fraction of sp³-hybridized carbons (Fsp3) is 0.375. The second-order valence-electron chi connectivity index (χ2n) is 4.81. The van der Waals surface area contributed by atoms with Crippen LogP contribution in [-0.4, -0.2) is 6.54 Å². The Balaban J connectivity index is 2.51. The minimum Gasteiger partial charge on any atom is -0.385 e. The zero-order chi connectivity index (χ0) is 12.4. The molecule has 1 N–H and O–H groups in total. The van der Waals surface area contributed by atoms with Gasteiger partial charge < -0.3 is 5.32 Å². The predicted octanol–water partition coefficient (Wildman–Crippen LogP) is 4.63. The monoisotopic (exact) mass is 227 g/mol. The number of hydrogen-bond acceptors (Lipinski definition) is 1. The van der Waals surface area contributed by atoms with Crippen LogP contribution in [0, 0.1) is 0 Å². The van der Waals surface area contributed by atoms with Crippen molar-refractivity contribution in [3.63, 3.8) is 0 Å². The molecule has 0 bridgehead atoms. The Kier molecular flexibility index (Phi) is 3.37. The van der Waals surface area contributed by atoms with Gasteiger partial charge in [0, 0.05) is 17.8 Å². The lowest BCUT2D eigenvalue weighted by atomic mass is 9.96. The second-order valence-corrected chi connectivity index (χ2v) is 4.81. The largest absolute Gasteiger partial charge is 0.385 e. The molecular formula is C16H21N. The van der Waals surface area contributed by atoms with E-state index >= 15 is 0 Å². The van der Waals surface area contributed by atoms with Crippen molar-refractivity contribution < 1.29 is 0 Å². The molecule has 2 rings (SSSR count). The first-order chi connectivity index (χ1) is 8.15. The van der Waals surface area contributed by atoms with E-state index in [0.29, 0.717) is 0 Å². The van der Waals surface area contributed by atoms with Gasteiger partial charge in [-0.2, -0.15) is 0 Å². The first-order valence-corrected chi connectivity index (χ1v) is 6.35. The molecule has 0 atom stereocenters. The van der Waals surface area contributed by atoms with E-state index in [-0.39, 0.29) is 0 Å². The van der Waals surface area contributed by atoms with Gasteiger partial charge in [-0.05, 0) is 51.3 Å². The summed E-state index contributed by atoms with van der Waals surface area (Å²) in [7, 11) is 0. The minimum absolute atomic E-state index is 0.963. The fourth-order valence-electron chi connectivity index (χ4n) is 2.63. The molecule has 0 unspecified atom stereocenters. The van der Waals surface area contributed by atoms with Crippen LogP contribution in [0.25, 0.3) is 5.57 Å². The van der Waals surface area contributed by atoms with E-state index in [9.17, 15) is 0 Å². The Morgan fingerprint density at radius 2 is 1.76 bits per heavy atom. The maximum absolute atomic E-state index is 3.45. The van der Waals surface area contributed by atoms with Gasteiger partial charge in [0.15, 0.2) is 0 Å². The third-order valence-electron chi connectivity index (χ3n) is 3.54. The summed E-state index contributed by atoms with van der Waals surface area (Å²) in [5, 5.41) is 3.45. The lowest BCUT2D eigenvalue weighted by Crippen LogP contribution is -2.00. The van der Waals surface area contributed by atoms with Crippen molar-refractivity contribution >= 4 is 11.3 Å². The molecule has 0 fully saturated rings. The summed E-state index contributed by atoms with van der Waals surface area (Å²) in [4.78, 5) is 0. The smallest absolute Gasteiger partial charge is 0.0419 e. The van der Waals surface area contributed by atoms with Crippen LogP contribution in [0.1, 0.15) is 39.7 Å². The molecule has 0 spiro atoms. The van der Waals surface area contributed by atoms with Crippen molar-refractivity contribution in [1.29, 1.82) is 0 Å². The van der Waals surface area contributed by atoms with E-state index in [1.54, 1.807) is 0 Å². The molecule has 17 heavy (non-hydrogen) atoms. The van der Waals surface area contributed by atoms with Gasteiger partial charge >= 0.3 is 0 Å². The van der Waals surface area contributed by atoms with E-state index in [2.05, 4.69) is 57.3 Å². The first kappa shape index (κ1) is 12.0. The maximum atomic E-state index is 3.45. The molecule has 1 aliphatic rings. The number of rotatable bonds is 3. The number of nitrogens with one attached hydrogen (secondary N) is 1. The van der Waals surface area contributed by atoms with Gasteiger partial charge in [-0.3, -0.25) is 0 Å². The van der Waals surface area contributed by atoms with E-state index in [4.69, 9.17) is 0 Å². The first-order valence-electron chi connectivity index (χ1n) is 6.35. The molecule has 1 aliphatic carbocycles. The second kappa shape index (κ2) is 4.79. The number of anilines is 1. The molecular weight excluding hydrogens is 206 g/mol. The lowest BCUT2D eigenvalue weighted by Gasteiger charge is -2.14. The average Bonchev–Trinajstić information content (AvgIpc) is 2.55. The molecule has 0 saturated carbocycles. The Hall–Kier alpha value is -1.50. The normalized spacial score (nSPS) is 15.8. The zero-order valence-corrected chi connectivity index (χ0v) is 11.2. The summed E-state index contributed by atoms with van der Waals surface area (Å²) >= 11 is 0. The Morgan fingerprint density at radius 3 is 2.35 bits per heavy atom. The molecule has 0 aliphatic heterocycles. The van der Waals surface area contributed by atoms with Crippen LogP contribution in [-0.2, 0) is 0 Å². The van der Waals surface area contributed by atoms with Crippen molar-refractivity contribution in [2.45, 2.75) is 34.1 Å². The van der Waals surface area contributed by atoms with E-state index in [1.165, 1.54) is 33.5 Å². The molecule has 1 nitrogen and oxygen atoms in total. The molecule has 1 aromatic carbocycles. The van der Waals surface area contributed by atoms with Gasteiger partial charge in [-0.15, -0.1) is 0 Å².